The van der Waals surface area contributed by atoms with Gasteiger partial charge in [0, 0.05) is 38.6 Å². The molecule has 7 heteroatoms. The highest BCUT2D eigenvalue weighted by Gasteiger charge is 2.41. The van der Waals surface area contributed by atoms with Crippen LogP contribution in [0, 0.1) is 12.7 Å². The van der Waals surface area contributed by atoms with Gasteiger partial charge >= 0.3 is 0 Å². The van der Waals surface area contributed by atoms with E-state index in [2.05, 4.69) is 10.3 Å². The number of imidazole rings is 1. The van der Waals surface area contributed by atoms with Crippen molar-refractivity contribution in [1.82, 2.24) is 19.6 Å². The van der Waals surface area contributed by atoms with Gasteiger partial charge in [0.15, 0.2) is 5.60 Å². The van der Waals surface area contributed by atoms with Crippen LogP contribution >= 0.6 is 0 Å². The Kier molecular flexibility index (Phi) is 5.34. The summed E-state index contributed by atoms with van der Waals surface area (Å²) in [6, 6.07) is 10.1. The number of nitrogens with zero attached hydrogens (tertiary/aromatic N) is 3. The Bertz CT molecular complexity index is 1020. The second kappa shape index (κ2) is 7.93. The Morgan fingerprint density at radius 2 is 2.00 bits per heavy atom. The smallest absolute Gasteiger partial charge is 0.256 e. The maximum absolute atomic E-state index is 13.1. The Hall–Kier alpha value is -2.77. The molecule has 0 saturated carbocycles. The van der Waals surface area contributed by atoms with Crippen molar-refractivity contribution in [2.75, 3.05) is 13.1 Å². The fraction of sp³-hybridized carbons (Fsp3) is 0.364. The van der Waals surface area contributed by atoms with Crippen LogP contribution in [0.3, 0.4) is 0 Å². The number of carbonyl (C=O) groups is 1. The van der Waals surface area contributed by atoms with Crippen LogP contribution in [-0.2, 0) is 17.9 Å². The number of fused-ring (bicyclic) bond motifs is 1. The molecule has 1 fully saturated rings. The summed E-state index contributed by atoms with van der Waals surface area (Å²) in [5, 5.41) is 14.1. The molecule has 2 aromatic heterocycles. The average Bonchev–Trinajstić information content (AvgIpc) is 3.09. The van der Waals surface area contributed by atoms with Crippen molar-refractivity contribution < 1.29 is 14.3 Å². The van der Waals surface area contributed by atoms with Crippen LogP contribution in [0.5, 0.6) is 0 Å². The normalized spacial score (nSPS) is 19.8. The number of halogens is 1. The number of carbonyl (C=O) groups excluding carboxylic acids is 1. The number of aliphatic hydroxyl groups is 1. The van der Waals surface area contributed by atoms with Crippen molar-refractivity contribution >= 4 is 11.6 Å². The number of benzene rings is 1. The number of hydrogen-bond acceptors (Lipinski definition) is 4. The van der Waals surface area contributed by atoms with Crippen molar-refractivity contribution in [3.05, 3.63) is 71.4 Å². The van der Waals surface area contributed by atoms with Gasteiger partial charge in [-0.1, -0.05) is 18.2 Å². The molecule has 6 nitrogen and oxygen atoms in total. The van der Waals surface area contributed by atoms with E-state index in [0.29, 0.717) is 26.1 Å². The standard InChI is InChI=1S/C22H25FN4O2/c1-16-3-8-20-25-19(14-27(20)12-16)11-24-15-22(29)9-2-10-26(21(22)28)13-17-4-6-18(23)7-5-17/h3-8,12,14,24,29H,2,9-11,13,15H2,1H3/t22-/m1/s1. The quantitative estimate of drug-likeness (QED) is 0.672. The molecule has 4 rings (SSSR count). The molecule has 1 atom stereocenters. The first-order chi connectivity index (χ1) is 13.9. The number of hydrogen-bond donors (Lipinski definition) is 2. The van der Waals surface area contributed by atoms with Gasteiger partial charge in [-0.3, -0.25) is 4.79 Å². The molecule has 29 heavy (non-hydrogen) atoms. The maximum atomic E-state index is 13.1. The lowest BCUT2D eigenvalue weighted by atomic mass is 9.91. The number of pyridine rings is 1. The van der Waals surface area contributed by atoms with E-state index in [0.717, 1.165) is 28.9 Å². The number of amides is 1. The van der Waals surface area contributed by atoms with Crippen molar-refractivity contribution in [2.45, 2.75) is 38.5 Å². The first-order valence-electron chi connectivity index (χ1n) is 9.84. The fourth-order valence-corrected chi connectivity index (χ4v) is 3.83. The molecule has 3 heterocycles. The van der Waals surface area contributed by atoms with Crippen LogP contribution in [0.15, 0.2) is 48.8 Å². The summed E-state index contributed by atoms with van der Waals surface area (Å²) in [7, 11) is 0. The summed E-state index contributed by atoms with van der Waals surface area (Å²) in [5.41, 5.74) is 2.28. The number of nitrogens with one attached hydrogen (secondary N) is 1. The minimum atomic E-state index is -1.44. The zero-order valence-electron chi connectivity index (χ0n) is 16.4. The van der Waals surface area contributed by atoms with Crippen LogP contribution in [0.4, 0.5) is 4.39 Å². The fourth-order valence-electron chi connectivity index (χ4n) is 3.83. The Morgan fingerprint density at radius 1 is 1.21 bits per heavy atom. The molecule has 3 aromatic rings. The van der Waals surface area contributed by atoms with E-state index in [4.69, 9.17) is 0 Å². The third-order valence-electron chi connectivity index (χ3n) is 5.36. The van der Waals surface area contributed by atoms with Crippen molar-refractivity contribution in [3.8, 4) is 0 Å². The Labute approximate surface area is 169 Å². The topological polar surface area (TPSA) is 69.9 Å². The van der Waals surface area contributed by atoms with E-state index in [1.807, 2.05) is 35.9 Å². The van der Waals surface area contributed by atoms with Gasteiger partial charge in [0.1, 0.15) is 11.5 Å². The van der Waals surface area contributed by atoms with Crippen LogP contribution in [0.1, 0.15) is 29.7 Å². The molecule has 0 aliphatic carbocycles. The molecule has 2 N–H and O–H groups in total. The highest BCUT2D eigenvalue weighted by Crippen LogP contribution is 2.24. The van der Waals surface area contributed by atoms with E-state index < -0.39 is 5.60 Å². The summed E-state index contributed by atoms with van der Waals surface area (Å²) >= 11 is 0. The van der Waals surface area contributed by atoms with E-state index in [9.17, 15) is 14.3 Å². The zero-order valence-corrected chi connectivity index (χ0v) is 16.4. The molecule has 1 aromatic carbocycles. The molecule has 0 unspecified atom stereocenters. The van der Waals surface area contributed by atoms with Crippen molar-refractivity contribution in [1.29, 1.82) is 0 Å². The van der Waals surface area contributed by atoms with Gasteiger partial charge < -0.3 is 19.7 Å². The molecular formula is C22H25FN4O2. The predicted octanol–water partition coefficient (Wildman–Crippen LogP) is 2.43. The van der Waals surface area contributed by atoms with Gasteiger partial charge in [-0.2, -0.15) is 0 Å². The lowest BCUT2D eigenvalue weighted by Crippen LogP contribution is -2.57. The number of aromatic nitrogens is 2. The Morgan fingerprint density at radius 3 is 2.79 bits per heavy atom. The zero-order chi connectivity index (χ0) is 20.4. The first kappa shape index (κ1) is 19.5. The van der Waals surface area contributed by atoms with Crippen LogP contribution < -0.4 is 5.32 Å². The number of likely N-dealkylation sites (tertiary alicyclic amines) is 1. The molecule has 1 aliphatic rings. The average molecular weight is 396 g/mol. The van der Waals surface area contributed by atoms with Crippen LogP contribution in [-0.4, -0.2) is 44.0 Å². The predicted molar refractivity (Wildman–Crippen MR) is 108 cm³/mol. The molecule has 0 spiro atoms. The summed E-state index contributed by atoms with van der Waals surface area (Å²) in [5.74, 6) is -0.590. The summed E-state index contributed by atoms with van der Waals surface area (Å²) in [4.78, 5) is 19.1. The highest BCUT2D eigenvalue weighted by atomic mass is 19.1. The Balaban J connectivity index is 1.37. The minimum absolute atomic E-state index is 0.165. The molecule has 152 valence electrons. The number of piperidine rings is 1. The summed E-state index contributed by atoms with van der Waals surface area (Å²) in [6.07, 6.45) is 5.10. The third-order valence-corrected chi connectivity index (χ3v) is 5.36. The van der Waals surface area contributed by atoms with Gasteiger partial charge in [0.05, 0.1) is 5.69 Å². The lowest BCUT2D eigenvalue weighted by molar-refractivity contribution is -0.157. The first-order valence-corrected chi connectivity index (χ1v) is 9.84. The third kappa shape index (κ3) is 4.31. The largest absolute Gasteiger partial charge is 0.379 e. The molecule has 1 amide bonds. The van der Waals surface area contributed by atoms with E-state index in [-0.39, 0.29) is 18.3 Å². The van der Waals surface area contributed by atoms with Crippen molar-refractivity contribution in [2.24, 2.45) is 0 Å². The number of aryl methyl sites for hydroxylation is 1. The maximum Gasteiger partial charge on any atom is 0.256 e. The van der Waals surface area contributed by atoms with Gasteiger partial charge in [0.25, 0.3) is 5.91 Å². The van der Waals surface area contributed by atoms with Crippen molar-refractivity contribution in [3.63, 3.8) is 0 Å². The van der Waals surface area contributed by atoms with E-state index in [1.165, 1.54) is 12.1 Å². The van der Waals surface area contributed by atoms with Gasteiger partial charge in [0.2, 0.25) is 0 Å². The second-order valence-corrected chi connectivity index (χ2v) is 7.80. The molecule has 1 saturated heterocycles. The van der Waals surface area contributed by atoms with Crippen LogP contribution in [0.25, 0.3) is 5.65 Å². The minimum Gasteiger partial charge on any atom is -0.379 e. The molecular weight excluding hydrogens is 371 g/mol. The molecule has 0 bridgehead atoms. The SMILES string of the molecule is Cc1ccc2nc(CNC[C@]3(O)CCCN(Cc4ccc(F)cc4)C3=O)cn2c1. The van der Waals surface area contributed by atoms with Gasteiger partial charge in [-0.05, 0) is 49.1 Å². The highest BCUT2D eigenvalue weighted by molar-refractivity contribution is 5.86. The van der Waals surface area contributed by atoms with E-state index in [1.54, 1.807) is 17.0 Å². The van der Waals surface area contributed by atoms with E-state index >= 15 is 0 Å². The monoisotopic (exact) mass is 396 g/mol. The number of rotatable bonds is 6. The van der Waals surface area contributed by atoms with Gasteiger partial charge in [-0.15, -0.1) is 0 Å². The second-order valence-electron chi connectivity index (χ2n) is 7.80. The lowest BCUT2D eigenvalue weighted by Gasteiger charge is -2.38. The molecule has 1 aliphatic heterocycles. The summed E-state index contributed by atoms with van der Waals surface area (Å²) in [6.45, 7) is 3.61. The van der Waals surface area contributed by atoms with Gasteiger partial charge in [-0.25, -0.2) is 9.37 Å². The molecule has 0 radical (unpaired) electrons. The summed E-state index contributed by atoms with van der Waals surface area (Å²) < 4.78 is 15.1. The van der Waals surface area contributed by atoms with Crippen LogP contribution in [0.2, 0.25) is 0 Å².